The first-order valence-electron chi connectivity index (χ1n) is 4.93. The Bertz CT molecular complexity index is 525. The molecule has 0 saturated carbocycles. The van der Waals surface area contributed by atoms with Crippen molar-refractivity contribution in [1.82, 2.24) is 4.98 Å². The van der Waals surface area contributed by atoms with E-state index in [2.05, 4.69) is 23.7 Å². The minimum Gasteiger partial charge on any atom is -0.408 e. The fourth-order valence-electron chi connectivity index (χ4n) is 1.45. The first-order chi connectivity index (χ1) is 7.08. The van der Waals surface area contributed by atoms with Crippen molar-refractivity contribution < 1.29 is 4.42 Å². The zero-order valence-corrected chi connectivity index (χ0v) is 9.07. The second kappa shape index (κ2) is 3.46. The van der Waals surface area contributed by atoms with E-state index in [4.69, 9.17) is 4.42 Å². The number of hydrogen-bond acceptors (Lipinski definition) is 3. The van der Waals surface area contributed by atoms with Gasteiger partial charge in [-0.3, -0.25) is 4.98 Å². The van der Waals surface area contributed by atoms with Gasteiger partial charge in [0.25, 0.3) is 0 Å². The number of oxazole rings is 1. The molecule has 0 bridgehead atoms. The zero-order chi connectivity index (χ0) is 11.0. The van der Waals surface area contributed by atoms with Crippen molar-refractivity contribution in [2.24, 2.45) is 0 Å². The summed E-state index contributed by atoms with van der Waals surface area (Å²) >= 11 is 0. The van der Waals surface area contributed by atoms with Crippen LogP contribution in [0, 0.1) is 0 Å². The van der Waals surface area contributed by atoms with E-state index in [-0.39, 0.29) is 0 Å². The Labute approximate surface area is 87.5 Å². The highest BCUT2D eigenvalue weighted by Gasteiger charge is 2.07. The van der Waals surface area contributed by atoms with Crippen LogP contribution in [0.3, 0.4) is 0 Å². The van der Waals surface area contributed by atoms with Crippen LogP contribution in [0.4, 0.5) is 5.69 Å². The van der Waals surface area contributed by atoms with Gasteiger partial charge in [0.2, 0.25) is 0 Å². The molecule has 80 valence electrons. The Hall–Kier alpha value is -1.71. The molecule has 0 aliphatic carbocycles. The van der Waals surface area contributed by atoms with Crippen LogP contribution in [0.15, 0.2) is 27.4 Å². The number of H-pyrrole nitrogens is 1. The molecule has 1 heterocycles. The maximum absolute atomic E-state index is 11.0. The largest absolute Gasteiger partial charge is 0.417 e. The van der Waals surface area contributed by atoms with Gasteiger partial charge in [0, 0.05) is 24.8 Å². The molecular weight excluding hydrogens is 192 g/mol. The molecule has 0 unspecified atom stereocenters. The fraction of sp³-hybridized carbons (Fsp3) is 0.364. The molecule has 0 aliphatic rings. The molecule has 1 aromatic heterocycles. The van der Waals surface area contributed by atoms with Crippen LogP contribution in [0.25, 0.3) is 11.1 Å². The standard InChI is InChI=1S/C11H14N2O2/c1-7(2)13(3)8-4-5-9-10(6-8)15-11(14)12-9/h4-7H,1-3H3,(H,12,14). The maximum atomic E-state index is 11.0. The third-order valence-corrected chi connectivity index (χ3v) is 2.59. The lowest BCUT2D eigenvalue weighted by atomic mass is 10.2. The van der Waals surface area contributed by atoms with E-state index in [1.54, 1.807) is 0 Å². The second-order valence-corrected chi connectivity index (χ2v) is 3.90. The molecule has 15 heavy (non-hydrogen) atoms. The predicted octanol–water partition coefficient (Wildman–Crippen LogP) is 1.97. The van der Waals surface area contributed by atoms with Crippen LogP contribution < -0.4 is 10.7 Å². The van der Waals surface area contributed by atoms with Crippen molar-refractivity contribution in [3.05, 3.63) is 28.7 Å². The molecule has 0 spiro atoms. The molecule has 1 N–H and O–H groups in total. The van der Waals surface area contributed by atoms with Crippen molar-refractivity contribution in [2.75, 3.05) is 11.9 Å². The Morgan fingerprint density at radius 1 is 1.40 bits per heavy atom. The lowest BCUT2D eigenvalue weighted by molar-refractivity contribution is 0.555. The summed E-state index contributed by atoms with van der Waals surface area (Å²) in [5, 5.41) is 0. The normalized spacial score (nSPS) is 11.2. The molecule has 0 saturated heterocycles. The molecular formula is C11H14N2O2. The quantitative estimate of drug-likeness (QED) is 0.817. The summed E-state index contributed by atoms with van der Waals surface area (Å²) in [6, 6.07) is 6.10. The smallest absolute Gasteiger partial charge is 0.408 e. The number of anilines is 1. The molecule has 0 radical (unpaired) electrons. The highest BCUT2D eigenvalue weighted by Crippen LogP contribution is 2.20. The molecule has 4 heteroatoms. The number of hydrogen-bond donors (Lipinski definition) is 1. The Morgan fingerprint density at radius 2 is 2.13 bits per heavy atom. The van der Waals surface area contributed by atoms with Crippen molar-refractivity contribution in [1.29, 1.82) is 0 Å². The lowest BCUT2D eigenvalue weighted by Crippen LogP contribution is -2.25. The third kappa shape index (κ3) is 1.75. The number of nitrogens with zero attached hydrogens (tertiary/aromatic N) is 1. The van der Waals surface area contributed by atoms with Gasteiger partial charge in [-0.1, -0.05) is 0 Å². The molecule has 4 nitrogen and oxygen atoms in total. The lowest BCUT2D eigenvalue weighted by Gasteiger charge is -2.23. The number of benzene rings is 1. The van der Waals surface area contributed by atoms with E-state index in [1.165, 1.54) is 0 Å². The number of aromatic nitrogens is 1. The number of fused-ring (bicyclic) bond motifs is 1. The summed E-state index contributed by atoms with van der Waals surface area (Å²) in [6.45, 7) is 4.22. The minimum atomic E-state index is -0.408. The molecule has 0 aliphatic heterocycles. The molecule has 0 fully saturated rings. The van der Waals surface area contributed by atoms with Gasteiger partial charge in [-0.05, 0) is 26.0 Å². The van der Waals surface area contributed by atoms with Crippen molar-refractivity contribution in [3.63, 3.8) is 0 Å². The van der Waals surface area contributed by atoms with Gasteiger partial charge in [-0.2, -0.15) is 0 Å². The van der Waals surface area contributed by atoms with Crippen LogP contribution in [0.5, 0.6) is 0 Å². The Kier molecular flexibility index (Phi) is 2.26. The number of aromatic amines is 1. The molecule has 2 aromatic rings. The highest BCUT2D eigenvalue weighted by atomic mass is 16.4. The van der Waals surface area contributed by atoms with Crippen LogP contribution in [0.1, 0.15) is 13.8 Å². The van der Waals surface area contributed by atoms with E-state index in [1.807, 2.05) is 25.2 Å². The van der Waals surface area contributed by atoms with Crippen LogP contribution >= 0.6 is 0 Å². The van der Waals surface area contributed by atoms with E-state index in [9.17, 15) is 4.79 Å². The summed E-state index contributed by atoms with van der Waals surface area (Å²) in [5.41, 5.74) is 2.38. The second-order valence-electron chi connectivity index (χ2n) is 3.90. The Balaban J connectivity index is 2.50. The summed E-state index contributed by atoms with van der Waals surface area (Å²) in [6.07, 6.45) is 0. The van der Waals surface area contributed by atoms with Gasteiger partial charge in [-0.25, -0.2) is 4.79 Å². The summed E-state index contributed by atoms with van der Waals surface area (Å²) in [5.74, 6) is -0.408. The molecule has 2 rings (SSSR count). The highest BCUT2D eigenvalue weighted by molar-refractivity contribution is 5.77. The van der Waals surface area contributed by atoms with E-state index in [0.29, 0.717) is 11.6 Å². The van der Waals surface area contributed by atoms with Gasteiger partial charge in [0.05, 0.1) is 5.52 Å². The molecule has 0 atom stereocenters. The number of nitrogens with one attached hydrogen (secondary N) is 1. The Morgan fingerprint density at radius 3 is 2.80 bits per heavy atom. The first-order valence-corrected chi connectivity index (χ1v) is 4.93. The van der Waals surface area contributed by atoms with Crippen LogP contribution in [0.2, 0.25) is 0 Å². The summed E-state index contributed by atoms with van der Waals surface area (Å²) in [4.78, 5) is 15.7. The number of rotatable bonds is 2. The van der Waals surface area contributed by atoms with E-state index >= 15 is 0 Å². The SMILES string of the molecule is CC(C)N(C)c1ccc2[nH]c(=O)oc2c1. The summed E-state index contributed by atoms with van der Waals surface area (Å²) < 4.78 is 5.00. The third-order valence-electron chi connectivity index (χ3n) is 2.59. The summed E-state index contributed by atoms with van der Waals surface area (Å²) in [7, 11) is 2.01. The first kappa shape index (κ1) is 9.83. The van der Waals surface area contributed by atoms with E-state index in [0.717, 1.165) is 11.2 Å². The van der Waals surface area contributed by atoms with Gasteiger partial charge in [0.15, 0.2) is 5.58 Å². The van der Waals surface area contributed by atoms with Crippen LogP contribution in [-0.2, 0) is 0 Å². The minimum absolute atomic E-state index is 0.408. The van der Waals surface area contributed by atoms with Crippen LogP contribution in [-0.4, -0.2) is 18.1 Å². The molecule has 0 amide bonds. The monoisotopic (exact) mass is 206 g/mol. The average Bonchev–Trinajstić information content (AvgIpc) is 2.55. The van der Waals surface area contributed by atoms with Gasteiger partial charge in [-0.15, -0.1) is 0 Å². The van der Waals surface area contributed by atoms with Crippen molar-refractivity contribution >= 4 is 16.8 Å². The van der Waals surface area contributed by atoms with Gasteiger partial charge >= 0.3 is 5.76 Å². The van der Waals surface area contributed by atoms with Crippen molar-refractivity contribution in [3.8, 4) is 0 Å². The fourth-order valence-corrected chi connectivity index (χ4v) is 1.45. The maximum Gasteiger partial charge on any atom is 0.417 e. The topological polar surface area (TPSA) is 49.2 Å². The zero-order valence-electron chi connectivity index (χ0n) is 9.07. The van der Waals surface area contributed by atoms with Gasteiger partial charge in [0.1, 0.15) is 0 Å². The van der Waals surface area contributed by atoms with Crippen molar-refractivity contribution in [2.45, 2.75) is 19.9 Å². The average molecular weight is 206 g/mol. The molecule has 1 aromatic carbocycles. The predicted molar refractivity (Wildman–Crippen MR) is 60.4 cm³/mol. The van der Waals surface area contributed by atoms with Gasteiger partial charge < -0.3 is 9.32 Å². The van der Waals surface area contributed by atoms with E-state index < -0.39 is 5.76 Å².